The number of hydrogen-bond donors (Lipinski definition) is 0. The van der Waals surface area contributed by atoms with Crippen LogP contribution in [0.5, 0.6) is 0 Å². The standard InChI is InChI=1S/C6H6.CH3Cl.H2S/c1-2-4-6-5-3-1;1-2;/h1-6H;1H3;1H2. The van der Waals surface area contributed by atoms with Gasteiger partial charge >= 0.3 is 0 Å². The second-order valence-corrected chi connectivity index (χ2v) is 1.15. The van der Waals surface area contributed by atoms with Gasteiger partial charge in [0.25, 0.3) is 0 Å². The zero-order chi connectivity index (χ0) is 6.24. The summed E-state index contributed by atoms with van der Waals surface area (Å²) in [5, 5.41) is 0. The summed E-state index contributed by atoms with van der Waals surface area (Å²) < 4.78 is 0. The molecular formula is C7H11ClS. The summed E-state index contributed by atoms with van der Waals surface area (Å²) in [5.41, 5.74) is 0. The number of halogens is 1. The van der Waals surface area contributed by atoms with Gasteiger partial charge in [0.05, 0.1) is 0 Å². The van der Waals surface area contributed by atoms with Crippen LogP contribution in [0.1, 0.15) is 0 Å². The van der Waals surface area contributed by atoms with E-state index in [0.717, 1.165) is 0 Å². The Bertz CT molecular complexity index is 80.8. The SMILES string of the molecule is CCl.S.c1ccccc1. The van der Waals surface area contributed by atoms with Crippen LogP contribution in [0.4, 0.5) is 0 Å². The Labute approximate surface area is 68.3 Å². The van der Waals surface area contributed by atoms with Crippen LogP contribution < -0.4 is 0 Å². The topological polar surface area (TPSA) is 0 Å². The van der Waals surface area contributed by atoms with E-state index in [9.17, 15) is 0 Å². The molecule has 0 spiro atoms. The van der Waals surface area contributed by atoms with Crippen LogP contribution in [0.2, 0.25) is 0 Å². The van der Waals surface area contributed by atoms with Gasteiger partial charge in [-0.15, -0.1) is 11.6 Å². The maximum absolute atomic E-state index is 4.64. The molecule has 0 nitrogen and oxygen atoms in total. The Kier molecular flexibility index (Phi) is 13.9. The van der Waals surface area contributed by atoms with E-state index in [4.69, 9.17) is 0 Å². The highest BCUT2D eigenvalue weighted by molar-refractivity contribution is 7.59. The molecule has 0 saturated heterocycles. The molecule has 0 amide bonds. The minimum Gasteiger partial charge on any atom is -0.197 e. The van der Waals surface area contributed by atoms with Gasteiger partial charge in [-0.2, -0.15) is 13.5 Å². The minimum absolute atomic E-state index is 0. The Hall–Kier alpha value is -0.140. The second-order valence-electron chi connectivity index (χ2n) is 1.15. The van der Waals surface area contributed by atoms with Crippen LogP contribution >= 0.6 is 25.1 Å². The summed E-state index contributed by atoms with van der Waals surface area (Å²) in [6.45, 7) is 0. The zero-order valence-corrected chi connectivity index (χ0v) is 7.10. The molecule has 1 aromatic carbocycles. The molecule has 0 N–H and O–H groups in total. The van der Waals surface area contributed by atoms with E-state index >= 15 is 0 Å². The van der Waals surface area contributed by atoms with Gasteiger partial charge in [-0.1, -0.05) is 36.4 Å². The Morgan fingerprint density at radius 3 is 0.889 bits per heavy atom. The number of benzene rings is 1. The third kappa shape index (κ3) is 7.86. The molecule has 0 aliphatic heterocycles. The lowest BCUT2D eigenvalue weighted by atomic mass is 10.4. The fourth-order valence-corrected chi connectivity index (χ4v) is 0.385. The molecule has 0 saturated carbocycles. The fraction of sp³-hybridized carbons (Fsp3) is 0.143. The largest absolute Gasteiger partial charge is 0.197 e. The van der Waals surface area contributed by atoms with Crippen molar-refractivity contribution in [1.82, 2.24) is 0 Å². The van der Waals surface area contributed by atoms with E-state index < -0.39 is 0 Å². The van der Waals surface area contributed by atoms with Crippen molar-refractivity contribution in [2.45, 2.75) is 0 Å². The van der Waals surface area contributed by atoms with Crippen molar-refractivity contribution in [3.63, 3.8) is 0 Å². The summed E-state index contributed by atoms with van der Waals surface area (Å²) in [4.78, 5) is 0. The van der Waals surface area contributed by atoms with Crippen molar-refractivity contribution in [2.24, 2.45) is 0 Å². The highest BCUT2D eigenvalue weighted by Crippen LogP contribution is 1.79. The van der Waals surface area contributed by atoms with E-state index in [1.54, 1.807) is 0 Å². The van der Waals surface area contributed by atoms with Crippen LogP contribution in [0, 0.1) is 0 Å². The highest BCUT2D eigenvalue weighted by Gasteiger charge is 1.57. The molecule has 0 heterocycles. The first-order valence-electron chi connectivity index (χ1n) is 2.38. The van der Waals surface area contributed by atoms with Crippen molar-refractivity contribution in [1.29, 1.82) is 0 Å². The van der Waals surface area contributed by atoms with E-state index in [0.29, 0.717) is 0 Å². The third-order valence-corrected chi connectivity index (χ3v) is 0.667. The molecule has 0 aliphatic carbocycles. The van der Waals surface area contributed by atoms with Crippen molar-refractivity contribution in [3.8, 4) is 0 Å². The first kappa shape index (κ1) is 11.6. The lowest BCUT2D eigenvalue weighted by Gasteiger charge is -1.69. The number of alkyl halides is 1. The lowest BCUT2D eigenvalue weighted by Crippen LogP contribution is -1.47. The Morgan fingerprint density at radius 1 is 0.667 bits per heavy atom. The smallest absolute Gasteiger partial charge is 0.0108 e. The van der Waals surface area contributed by atoms with Gasteiger partial charge < -0.3 is 0 Å². The van der Waals surface area contributed by atoms with Crippen LogP contribution in [0.15, 0.2) is 36.4 Å². The van der Waals surface area contributed by atoms with Gasteiger partial charge in [-0.05, 0) is 0 Å². The van der Waals surface area contributed by atoms with Gasteiger partial charge in [-0.3, -0.25) is 0 Å². The number of rotatable bonds is 0. The highest BCUT2D eigenvalue weighted by atomic mass is 35.5. The molecule has 0 bridgehead atoms. The van der Waals surface area contributed by atoms with Crippen molar-refractivity contribution < 1.29 is 0 Å². The van der Waals surface area contributed by atoms with Crippen molar-refractivity contribution in [3.05, 3.63) is 36.4 Å². The Balaban J connectivity index is 0. The second kappa shape index (κ2) is 10.8. The fourth-order valence-electron chi connectivity index (χ4n) is 0.385. The summed E-state index contributed by atoms with van der Waals surface area (Å²) >= 11 is 4.64. The molecular weight excluding hydrogens is 152 g/mol. The van der Waals surface area contributed by atoms with E-state index in [1.807, 2.05) is 36.4 Å². The maximum Gasteiger partial charge on any atom is 0.0108 e. The summed E-state index contributed by atoms with van der Waals surface area (Å²) in [7, 11) is 0. The first-order chi connectivity index (χ1) is 4.00. The predicted molar refractivity (Wildman–Crippen MR) is 48.6 cm³/mol. The third-order valence-electron chi connectivity index (χ3n) is 0.667. The lowest BCUT2D eigenvalue weighted by molar-refractivity contribution is 1.72. The van der Waals surface area contributed by atoms with Gasteiger partial charge in [-0.25, -0.2) is 0 Å². The van der Waals surface area contributed by atoms with E-state index in [-0.39, 0.29) is 13.5 Å². The molecule has 0 unspecified atom stereocenters. The summed E-state index contributed by atoms with van der Waals surface area (Å²) in [6.07, 6.45) is 1.47. The summed E-state index contributed by atoms with van der Waals surface area (Å²) in [5.74, 6) is 0. The minimum atomic E-state index is 0. The van der Waals surface area contributed by atoms with Crippen molar-refractivity contribution >= 4 is 25.1 Å². The average molecular weight is 163 g/mol. The molecule has 52 valence electrons. The quantitative estimate of drug-likeness (QED) is 0.515. The normalized spacial score (nSPS) is 6.00. The van der Waals surface area contributed by atoms with Gasteiger partial charge in [0.1, 0.15) is 0 Å². The monoisotopic (exact) mass is 162 g/mol. The van der Waals surface area contributed by atoms with E-state index in [2.05, 4.69) is 11.6 Å². The van der Waals surface area contributed by atoms with Gasteiger partial charge in [0, 0.05) is 6.38 Å². The molecule has 0 radical (unpaired) electrons. The Morgan fingerprint density at radius 2 is 0.778 bits per heavy atom. The number of hydrogen-bond acceptors (Lipinski definition) is 0. The first-order valence-corrected chi connectivity index (χ1v) is 3.13. The molecule has 1 aromatic rings. The average Bonchev–Trinajstić information content (AvgIpc) is 1.96. The van der Waals surface area contributed by atoms with E-state index in [1.165, 1.54) is 6.38 Å². The zero-order valence-electron chi connectivity index (χ0n) is 5.34. The van der Waals surface area contributed by atoms with Gasteiger partial charge in [0.2, 0.25) is 0 Å². The van der Waals surface area contributed by atoms with Crippen LogP contribution in [-0.2, 0) is 0 Å². The van der Waals surface area contributed by atoms with Crippen LogP contribution in [0.25, 0.3) is 0 Å². The molecule has 2 heteroatoms. The molecule has 1 rings (SSSR count). The van der Waals surface area contributed by atoms with Crippen LogP contribution in [-0.4, -0.2) is 6.38 Å². The van der Waals surface area contributed by atoms with Crippen molar-refractivity contribution in [2.75, 3.05) is 6.38 Å². The molecule has 9 heavy (non-hydrogen) atoms. The molecule has 0 aliphatic rings. The predicted octanol–water partition coefficient (Wildman–Crippen LogP) is 2.65. The molecule has 0 aromatic heterocycles. The van der Waals surface area contributed by atoms with Crippen LogP contribution in [0.3, 0.4) is 0 Å². The molecule has 0 atom stereocenters. The molecule has 0 fully saturated rings. The maximum atomic E-state index is 4.64. The van der Waals surface area contributed by atoms with Gasteiger partial charge in [0.15, 0.2) is 0 Å². The summed E-state index contributed by atoms with van der Waals surface area (Å²) in [6, 6.07) is 12.0.